The second-order valence-corrected chi connectivity index (χ2v) is 6.09. The van der Waals surface area contributed by atoms with Crippen molar-refractivity contribution in [2.75, 3.05) is 0 Å². The Morgan fingerprint density at radius 2 is 1.52 bits per heavy atom. The molecule has 118 valence electrons. The summed E-state index contributed by atoms with van der Waals surface area (Å²) in [6.45, 7) is 0. The molecule has 0 amide bonds. The molecule has 2 unspecified atom stereocenters. The third kappa shape index (κ3) is 6.04. The van der Waals surface area contributed by atoms with Crippen molar-refractivity contribution in [3.63, 3.8) is 0 Å². The molecule has 0 bridgehead atoms. The van der Waals surface area contributed by atoms with Gasteiger partial charge in [-0.25, -0.2) is 4.39 Å². The maximum atomic E-state index is 13.2. The number of hydrogen-bond donors (Lipinski definition) is 1. The zero-order chi connectivity index (χ0) is 14.9. The monoisotopic (exact) mass is 294 g/mol. The maximum Gasteiger partial charge on any atom is 0.126 e. The van der Waals surface area contributed by atoms with Gasteiger partial charge in [-0.3, -0.25) is 0 Å². The predicted molar refractivity (Wildman–Crippen MR) is 83.0 cm³/mol. The van der Waals surface area contributed by atoms with Gasteiger partial charge in [0.2, 0.25) is 0 Å². The summed E-state index contributed by atoms with van der Waals surface area (Å²) in [6, 6.07) is 6.20. The van der Waals surface area contributed by atoms with E-state index in [9.17, 15) is 9.50 Å². The van der Waals surface area contributed by atoms with Crippen LogP contribution in [0.4, 0.5) is 4.39 Å². The second kappa shape index (κ2) is 9.04. The molecule has 1 N–H and O–H groups in total. The number of aliphatic hydroxyl groups is 1. The Labute approximate surface area is 127 Å². The molecular formula is C18H27FO2. The van der Waals surface area contributed by atoms with Gasteiger partial charge >= 0.3 is 0 Å². The summed E-state index contributed by atoms with van der Waals surface area (Å²) >= 11 is 0. The third-order valence-electron chi connectivity index (χ3n) is 4.25. The lowest BCUT2D eigenvalue weighted by Crippen LogP contribution is -2.32. The molecule has 2 rings (SSSR count). The van der Waals surface area contributed by atoms with Gasteiger partial charge in [-0.05, 0) is 31.4 Å². The molecule has 2 atom stereocenters. The van der Waals surface area contributed by atoms with Crippen LogP contribution in [0.2, 0.25) is 0 Å². The van der Waals surface area contributed by atoms with E-state index >= 15 is 0 Å². The first-order valence-electron chi connectivity index (χ1n) is 8.36. The number of rotatable bonds is 2. The number of hydrogen-bond acceptors (Lipinski definition) is 2. The van der Waals surface area contributed by atoms with Gasteiger partial charge in [0.05, 0.1) is 6.10 Å². The molecule has 3 heteroatoms. The average molecular weight is 294 g/mol. The molecule has 1 aliphatic rings. The van der Waals surface area contributed by atoms with E-state index in [-0.39, 0.29) is 11.9 Å². The van der Waals surface area contributed by atoms with Crippen molar-refractivity contribution in [1.29, 1.82) is 0 Å². The summed E-state index contributed by atoms with van der Waals surface area (Å²) in [6.07, 6.45) is 10.6. The van der Waals surface area contributed by atoms with Crippen LogP contribution in [0.25, 0.3) is 0 Å². The van der Waals surface area contributed by atoms with E-state index in [0.29, 0.717) is 5.75 Å². The Morgan fingerprint density at radius 1 is 0.905 bits per heavy atom. The van der Waals surface area contributed by atoms with Crippen molar-refractivity contribution < 1.29 is 14.2 Å². The van der Waals surface area contributed by atoms with Gasteiger partial charge in [0.15, 0.2) is 0 Å². The molecule has 0 radical (unpaired) electrons. The first kappa shape index (κ1) is 16.3. The van der Waals surface area contributed by atoms with Crippen molar-refractivity contribution in [1.82, 2.24) is 0 Å². The average Bonchev–Trinajstić information content (AvgIpc) is 2.46. The Bertz CT molecular complexity index is 408. The highest BCUT2D eigenvalue weighted by Crippen LogP contribution is 2.22. The van der Waals surface area contributed by atoms with Crippen LogP contribution in [-0.2, 0) is 0 Å². The van der Waals surface area contributed by atoms with Crippen LogP contribution in [0.15, 0.2) is 24.3 Å². The maximum absolute atomic E-state index is 13.2. The SMILES string of the molecule is OC1CCCCCCCCCCC1Oc1cccc(F)c1. The summed E-state index contributed by atoms with van der Waals surface area (Å²) in [5, 5.41) is 10.4. The number of ether oxygens (including phenoxy) is 1. The number of aliphatic hydroxyl groups excluding tert-OH is 1. The van der Waals surface area contributed by atoms with Gasteiger partial charge in [-0.15, -0.1) is 0 Å². The summed E-state index contributed by atoms with van der Waals surface area (Å²) in [4.78, 5) is 0. The second-order valence-electron chi connectivity index (χ2n) is 6.09. The summed E-state index contributed by atoms with van der Waals surface area (Å²) in [5.74, 6) is 0.223. The summed E-state index contributed by atoms with van der Waals surface area (Å²) in [5.41, 5.74) is 0. The van der Waals surface area contributed by atoms with Gasteiger partial charge in [0.25, 0.3) is 0 Å². The van der Waals surface area contributed by atoms with Crippen molar-refractivity contribution in [3.05, 3.63) is 30.1 Å². The van der Waals surface area contributed by atoms with E-state index in [1.807, 2.05) is 0 Å². The highest BCUT2D eigenvalue weighted by molar-refractivity contribution is 5.22. The standard InChI is InChI=1S/C18H27FO2/c19-15-10-9-11-16(14-15)21-18-13-8-6-4-2-1-3-5-7-12-17(18)20/h9-11,14,17-18,20H,1-8,12-13H2. The molecule has 0 saturated heterocycles. The van der Waals surface area contributed by atoms with Gasteiger partial charge in [0, 0.05) is 6.07 Å². The van der Waals surface area contributed by atoms with Crippen LogP contribution in [0.5, 0.6) is 5.75 Å². The highest BCUT2D eigenvalue weighted by Gasteiger charge is 2.21. The molecule has 1 saturated carbocycles. The van der Waals surface area contributed by atoms with Crippen LogP contribution in [0, 0.1) is 5.82 Å². The molecule has 0 spiro atoms. The molecule has 1 aliphatic carbocycles. The minimum atomic E-state index is -0.451. The van der Waals surface area contributed by atoms with Gasteiger partial charge in [0.1, 0.15) is 17.7 Å². The zero-order valence-electron chi connectivity index (χ0n) is 12.8. The molecule has 0 aliphatic heterocycles. The van der Waals surface area contributed by atoms with Crippen LogP contribution in [0.3, 0.4) is 0 Å². The highest BCUT2D eigenvalue weighted by atomic mass is 19.1. The molecule has 1 aromatic rings. The first-order valence-corrected chi connectivity index (χ1v) is 8.36. The fraction of sp³-hybridized carbons (Fsp3) is 0.667. The Hall–Kier alpha value is -1.09. The van der Waals surface area contributed by atoms with Crippen molar-refractivity contribution in [3.8, 4) is 5.75 Å². The molecule has 0 heterocycles. The minimum absolute atomic E-state index is 0.216. The number of benzene rings is 1. The van der Waals surface area contributed by atoms with Gasteiger partial charge in [-0.1, -0.05) is 51.0 Å². The summed E-state index contributed by atoms with van der Waals surface area (Å²) < 4.78 is 19.1. The van der Waals surface area contributed by atoms with Crippen LogP contribution in [0.1, 0.15) is 64.2 Å². The normalized spacial score (nSPS) is 25.6. The van der Waals surface area contributed by atoms with Crippen LogP contribution in [-0.4, -0.2) is 17.3 Å². The topological polar surface area (TPSA) is 29.5 Å². The fourth-order valence-corrected chi connectivity index (χ4v) is 2.99. The summed E-state index contributed by atoms with van der Waals surface area (Å²) in [7, 11) is 0. The minimum Gasteiger partial charge on any atom is -0.488 e. The molecule has 21 heavy (non-hydrogen) atoms. The number of halogens is 1. The van der Waals surface area contributed by atoms with Crippen molar-refractivity contribution in [2.24, 2.45) is 0 Å². The van der Waals surface area contributed by atoms with Crippen LogP contribution < -0.4 is 4.74 Å². The lowest BCUT2D eigenvalue weighted by Gasteiger charge is -2.25. The molecule has 0 aromatic heterocycles. The predicted octanol–water partition coefficient (Wildman–Crippen LogP) is 4.85. The van der Waals surface area contributed by atoms with E-state index < -0.39 is 6.10 Å². The lowest BCUT2D eigenvalue weighted by atomic mass is 9.97. The molecular weight excluding hydrogens is 267 g/mol. The third-order valence-corrected chi connectivity index (χ3v) is 4.25. The Morgan fingerprint density at radius 3 is 2.19 bits per heavy atom. The van der Waals surface area contributed by atoms with Crippen molar-refractivity contribution >= 4 is 0 Å². The zero-order valence-corrected chi connectivity index (χ0v) is 12.8. The Balaban J connectivity index is 1.94. The molecule has 1 aromatic carbocycles. The van der Waals surface area contributed by atoms with E-state index in [4.69, 9.17) is 4.74 Å². The molecule has 2 nitrogen and oxygen atoms in total. The largest absolute Gasteiger partial charge is 0.488 e. The van der Waals surface area contributed by atoms with Gasteiger partial charge < -0.3 is 9.84 Å². The Kier molecular flexibility index (Phi) is 7.01. The van der Waals surface area contributed by atoms with Crippen molar-refractivity contribution in [2.45, 2.75) is 76.4 Å². The van der Waals surface area contributed by atoms with E-state index in [1.165, 1.54) is 50.7 Å². The van der Waals surface area contributed by atoms with E-state index in [2.05, 4.69) is 0 Å². The lowest BCUT2D eigenvalue weighted by molar-refractivity contribution is 0.0226. The quantitative estimate of drug-likeness (QED) is 0.845. The smallest absolute Gasteiger partial charge is 0.126 e. The van der Waals surface area contributed by atoms with Crippen LogP contribution >= 0.6 is 0 Å². The van der Waals surface area contributed by atoms with E-state index in [0.717, 1.165) is 25.7 Å². The van der Waals surface area contributed by atoms with E-state index in [1.54, 1.807) is 12.1 Å². The van der Waals surface area contributed by atoms with Gasteiger partial charge in [-0.2, -0.15) is 0 Å². The fourth-order valence-electron chi connectivity index (χ4n) is 2.99. The molecule has 1 fully saturated rings. The first-order chi connectivity index (χ1) is 10.3.